The molecule has 0 aliphatic rings. The summed E-state index contributed by atoms with van der Waals surface area (Å²) in [5.41, 5.74) is 5.24. The van der Waals surface area contributed by atoms with Crippen LogP contribution in [0.25, 0.3) is 0 Å². The van der Waals surface area contributed by atoms with E-state index < -0.39 is 6.04 Å². The minimum atomic E-state index is -0.489. The van der Waals surface area contributed by atoms with Crippen LogP contribution in [0, 0.1) is 0 Å². The molecule has 0 aromatic carbocycles. The Morgan fingerprint density at radius 1 is 1.50 bits per heavy atom. The van der Waals surface area contributed by atoms with Gasteiger partial charge in [-0.1, -0.05) is 27.2 Å². The zero-order chi connectivity index (χ0) is 9.98. The summed E-state index contributed by atoms with van der Waals surface area (Å²) in [6.45, 7) is 8.16. The van der Waals surface area contributed by atoms with Crippen molar-refractivity contribution in [1.82, 2.24) is 0 Å². The van der Waals surface area contributed by atoms with Crippen molar-refractivity contribution in [3.05, 3.63) is 0 Å². The molecule has 0 fully saturated rings. The van der Waals surface area contributed by atoms with E-state index in [1.807, 2.05) is 20.8 Å². The van der Waals surface area contributed by atoms with Gasteiger partial charge in [-0.2, -0.15) is 0 Å². The molecule has 0 radical (unpaired) electrons. The van der Waals surface area contributed by atoms with E-state index >= 15 is 0 Å². The van der Waals surface area contributed by atoms with E-state index in [2.05, 4.69) is 0 Å². The lowest BCUT2D eigenvalue weighted by Gasteiger charge is -2.04. The second kappa shape index (κ2) is 10.4. The van der Waals surface area contributed by atoms with Crippen molar-refractivity contribution >= 4 is 5.97 Å². The molecule has 1 unspecified atom stereocenters. The number of unbranched alkanes of at least 4 members (excludes halogenated alkanes) is 1. The molecule has 0 heterocycles. The molecule has 0 aliphatic carbocycles. The summed E-state index contributed by atoms with van der Waals surface area (Å²) >= 11 is 0. The van der Waals surface area contributed by atoms with Crippen LogP contribution in [0.5, 0.6) is 0 Å². The summed E-state index contributed by atoms with van der Waals surface area (Å²) in [6.07, 6.45) is 1.95. The molecule has 0 saturated heterocycles. The van der Waals surface area contributed by atoms with Crippen molar-refractivity contribution in [1.29, 1.82) is 0 Å². The first-order chi connectivity index (χ1) is 5.68. The van der Waals surface area contributed by atoms with E-state index in [0.29, 0.717) is 6.61 Å². The summed E-state index contributed by atoms with van der Waals surface area (Å²) in [5, 5.41) is 0. The van der Waals surface area contributed by atoms with E-state index in [4.69, 9.17) is 10.5 Å². The van der Waals surface area contributed by atoms with Crippen molar-refractivity contribution < 1.29 is 9.53 Å². The number of esters is 1. The molecule has 0 aliphatic heterocycles. The van der Waals surface area contributed by atoms with Crippen molar-refractivity contribution in [3.8, 4) is 0 Å². The van der Waals surface area contributed by atoms with Gasteiger partial charge in [-0.25, -0.2) is 0 Å². The third-order valence-corrected chi connectivity index (χ3v) is 1.11. The van der Waals surface area contributed by atoms with Gasteiger partial charge in [0.05, 0.1) is 6.61 Å². The average Bonchev–Trinajstić information content (AvgIpc) is 2.08. The summed E-state index contributed by atoms with van der Waals surface area (Å²) in [7, 11) is 0. The van der Waals surface area contributed by atoms with Gasteiger partial charge in [-0.3, -0.25) is 4.79 Å². The molecule has 1 atom stereocenters. The Kier molecular flexibility index (Phi) is 12.2. The van der Waals surface area contributed by atoms with Crippen molar-refractivity contribution in [2.45, 2.75) is 46.6 Å². The van der Waals surface area contributed by atoms with Gasteiger partial charge in [-0.05, 0) is 13.3 Å². The van der Waals surface area contributed by atoms with Crippen molar-refractivity contribution in [3.63, 3.8) is 0 Å². The maximum Gasteiger partial charge on any atom is 0.322 e. The molecular formula is C9H21NO2. The number of nitrogens with two attached hydrogens (primary N) is 1. The van der Waals surface area contributed by atoms with Crippen LogP contribution in [0.15, 0.2) is 0 Å². The molecule has 0 amide bonds. The first-order valence-electron chi connectivity index (χ1n) is 4.60. The molecule has 0 aromatic rings. The molecule has 12 heavy (non-hydrogen) atoms. The molecule has 0 saturated carbocycles. The second-order valence-electron chi connectivity index (χ2n) is 2.31. The summed E-state index contributed by atoms with van der Waals surface area (Å²) in [4.78, 5) is 10.7. The molecule has 0 bridgehead atoms. The highest BCUT2D eigenvalue weighted by Gasteiger charge is 2.06. The standard InChI is InChI=1S/C7H15NO2.C2H6/c1-3-4-5-10-7(9)6(2)8;1-2/h6H,3-5,8H2,1-2H3;1-2H3. The van der Waals surface area contributed by atoms with Crippen LogP contribution in [0.4, 0.5) is 0 Å². The maximum atomic E-state index is 10.7. The fourth-order valence-electron chi connectivity index (χ4n) is 0.449. The first-order valence-corrected chi connectivity index (χ1v) is 4.60. The van der Waals surface area contributed by atoms with Gasteiger partial charge >= 0.3 is 5.97 Å². The van der Waals surface area contributed by atoms with Crippen LogP contribution in [0.2, 0.25) is 0 Å². The third kappa shape index (κ3) is 9.43. The van der Waals surface area contributed by atoms with Gasteiger partial charge in [-0.15, -0.1) is 0 Å². The largest absolute Gasteiger partial charge is 0.465 e. The Labute approximate surface area is 75.3 Å². The predicted molar refractivity (Wildman–Crippen MR) is 50.9 cm³/mol. The molecular weight excluding hydrogens is 154 g/mol. The summed E-state index contributed by atoms with van der Waals surface area (Å²) in [6, 6.07) is -0.489. The topological polar surface area (TPSA) is 52.3 Å². The minimum Gasteiger partial charge on any atom is -0.465 e. The van der Waals surface area contributed by atoms with Crippen molar-refractivity contribution in [2.24, 2.45) is 5.73 Å². The number of rotatable bonds is 4. The van der Waals surface area contributed by atoms with Gasteiger partial charge in [0.2, 0.25) is 0 Å². The van der Waals surface area contributed by atoms with E-state index in [-0.39, 0.29) is 5.97 Å². The van der Waals surface area contributed by atoms with Gasteiger partial charge in [0.25, 0.3) is 0 Å². The van der Waals surface area contributed by atoms with Gasteiger partial charge < -0.3 is 10.5 Å². The quantitative estimate of drug-likeness (QED) is 0.522. The molecule has 3 heteroatoms. The number of hydrogen-bond donors (Lipinski definition) is 1. The summed E-state index contributed by atoms with van der Waals surface area (Å²) in [5.74, 6) is -0.312. The minimum absolute atomic E-state index is 0.312. The van der Waals surface area contributed by atoms with Crippen LogP contribution >= 0.6 is 0 Å². The number of hydrogen-bond acceptors (Lipinski definition) is 3. The van der Waals surface area contributed by atoms with Crippen LogP contribution in [0.3, 0.4) is 0 Å². The Hall–Kier alpha value is -0.570. The number of ether oxygens (including phenoxy) is 1. The second-order valence-corrected chi connectivity index (χ2v) is 2.31. The highest BCUT2D eigenvalue weighted by molar-refractivity contribution is 5.74. The fourth-order valence-corrected chi connectivity index (χ4v) is 0.449. The molecule has 3 nitrogen and oxygen atoms in total. The predicted octanol–water partition coefficient (Wildman–Crippen LogP) is 1.70. The lowest BCUT2D eigenvalue weighted by molar-refractivity contribution is -0.144. The van der Waals surface area contributed by atoms with E-state index in [0.717, 1.165) is 12.8 Å². The maximum absolute atomic E-state index is 10.7. The zero-order valence-corrected chi connectivity index (χ0v) is 8.59. The highest BCUT2D eigenvalue weighted by Crippen LogP contribution is 1.90. The Morgan fingerprint density at radius 2 is 2.00 bits per heavy atom. The lowest BCUT2D eigenvalue weighted by Crippen LogP contribution is -2.28. The van der Waals surface area contributed by atoms with E-state index in [1.165, 1.54) is 0 Å². The van der Waals surface area contributed by atoms with Gasteiger partial charge in [0.15, 0.2) is 0 Å². The Balaban J connectivity index is 0. The Morgan fingerprint density at radius 3 is 2.33 bits per heavy atom. The van der Waals surface area contributed by atoms with Crippen molar-refractivity contribution in [2.75, 3.05) is 6.61 Å². The van der Waals surface area contributed by atoms with Gasteiger partial charge in [0.1, 0.15) is 6.04 Å². The highest BCUT2D eigenvalue weighted by atomic mass is 16.5. The van der Waals surface area contributed by atoms with Crippen LogP contribution in [0.1, 0.15) is 40.5 Å². The van der Waals surface area contributed by atoms with Gasteiger partial charge in [0, 0.05) is 0 Å². The molecule has 0 aromatic heterocycles. The lowest BCUT2D eigenvalue weighted by atomic mass is 10.3. The summed E-state index contributed by atoms with van der Waals surface area (Å²) < 4.78 is 4.78. The first kappa shape index (κ1) is 14.0. The SMILES string of the molecule is CC.CCCCOC(=O)C(C)N. The smallest absolute Gasteiger partial charge is 0.322 e. The average molecular weight is 175 g/mol. The van der Waals surface area contributed by atoms with Crippen LogP contribution in [-0.2, 0) is 9.53 Å². The van der Waals surface area contributed by atoms with Crippen LogP contribution < -0.4 is 5.73 Å². The monoisotopic (exact) mass is 175 g/mol. The van der Waals surface area contributed by atoms with E-state index in [1.54, 1.807) is 6.92 Å². The van der Waals surface area contributed by atoms with E-state index in [9.17, 15) is 4.79 Å². The molecule has 0 spiro atoms. The molecule has 2 N–H and O–H groups in total. The third-order valence-electron chi connectivity index (χ3n) is 1.11. The number of carbonyl (C=O) groups is 1. The Bertz CT molecular complexity index is 103. The fraction of sp³-hybridized carbons (Fsp3) is 0.889. The number of carbonyl (C=O) groups excluding carboxylic acids is 1. The van der Waals surface area contributed by atoms with Crippen LogP contribution in [-0.4, -0.2) is 18.6 Å². The molecule has 0 rings (SSSR count). The normalized spacial score (nSPS) is 11.1. The molecule has 74 valence electrons. The zero-order valence-electron chi connectivity index (χ0n) is 8.59.